The van der Waals surface area contributed by atoms with E-state index in [2.05, 4.69) is 14.9 Å². The predicted octanol–water partition coefficient (Wildman–Crippen LogP) is 5.29. The highest BCUT2D eigenvalue weighted by atomic mass is 35.5. The number of rotatable bonds is 5. The summed E-state index contributed by atoms with van der Waals surface area (Å²) in [7, 11) is 0. The highest BCUT2D eigenvalue weighted by Gasteiger charge is 2.37. The van der Waals surface area contributed by atoms with Crippen molar-refractivity contribution in [2.24, 2.45) is 0 Å². The van der Waals surface area contributed by atoms with Crippen molar-refractivity contribution >= 4 is 17.5 Å². The summed E-state index contributed by atoms with van der Waals surface area (Å²) in [4.78, 5) is 18.1. The van der Waals surface area contributed by atoms with Gasteiger partial charge in [-0.3, -0.25) is 4.79 Å². The molecule has 6 nitrogen and oxygen atoms in total. The molecule has 1 fully saturated rings. The van der Waals surface area contributed by atoms with Crippen molar-refractivity contribution in [1.82, 2.24) is 15.0 Å². The Morgan fingerprint density at radius 1 is 1.19 bits per heavy atom. The molecule has 162 valence electrons. The van der Waals surface area contributed by atoms with Crippen LogP contribution in [-0.2, 0) is 11.3 Å². The van der Waals surface area contributed by atoms with Crippen LogP contribution in [-0.4, -0.2) is 27.3 Å². The average Bonchev–Trinajstić information content (AvgIpc) is 3.31. The van der Waals surface area contributed by atoms with Gasteiger partial charge >= 0.3 is 6.36 Å². The number of hydrogen-bond acceptors (Lipinski definition) is 5. The maximum atomic E-state index is 14.2. The Balaban J connectivity index is 1.54. The molecule has 0 radical (unpaired) electrons. The molecule has 4 rings (SSSR count). The molecule has 1 aliphatic rings. The monoisotopic (exact) mass is 455 g/mol. The van der Waals surface area contributed by atoms with Gasteiger partial charge in [-0.15, -0.1) is 13.2 Å². The highest BCUT2D eigenvalue weighted by molar-refractivity contribution is 6.31. The van der Waals surface area contributed by atoms with Gasteiger partial charge in [0.1, 0.15) is 17.6 Å². The molecule has 11 heteroatoms. The van der Waals surface area contributed by atoms with Gasteiger partial charge in [-0.25, -0.2) is 4.39 Å². The molecule has 2 aromatic carbocycles. The molecular formula is C20H14ClF4N3O3. The van der Waals surface area contributed by atoms with Crippen LogP contribution in [0.2, 0.25) is 5.02 Å². The average molecular weight is 456 g/mol. The molecule has 1 atom stereocenters. The molecule has 2 heterocycles. The molecule has 31 heavy (non-hydrogen) atoms. The van der Waals surface area contributed by atoms with Crippen LogP contribution in [0.3, 0.4) is 0 Å². The zero-order valence-electron chi connectivity index (χ0n) is 15.7. The fourth-order valence-electron chi connectivity index (χ4n) is 3.34. The molecule has 0 N–H and O–H groups in total. The van der Waals surface area contributed by atoms with Crippen LogP contribution < -0.4 is 4.74 Å². The largest absolute Gasteiger partial charge is 0.573 e. The van der Waals surface area contributed by atoms with E-state index in [0.29, 0.717) is 12.0 Å². The van der Waals surface area contributed by atoms with Crippen molar-refractivity contribution in [3.63, 3.8) is 0 Å². The number of aromatic nitrogens is 2. The van der Waals surface area contributed by atoms with E-state index in [4.69, 9.17) is 16.1 Å². The van der Waals surface area contributed by atoms with Gasteiger partial charge in [0.25, 0.3) is 0 Å². The third-order valence-corrected chi connectivity index (χ3v) is 5.15. The Morgan fingerprint density at radius 3 is 2.61 bits per heavy atom. The van der Waals surface area contributed by atoms with Gasteiger partial charge in [0.05, 0.1) is 6.54 Å². The number of nitrogens with zero attached hydrogens (tertiary/aromatic N) is 3. The van der Waals surface area contributed by atoms with Crippen molar-refractivity contribution in [3.8, 4) is 17.1 Å². The van der Waals surface area contributed by atoms with Gasteiger partial charge in [-0.05, 0) is 42.8 Å². The summed E-state index contributed by atoms with van der Waals surface area (Å²) in [6.07, 6.45) is -4.18. The van der Waals surface area contributed by atoms with Crippen LogP contribution >= 0.6 is 11.6 Å². The Kier molecular flexibility index (Phi) is 5.57. The van der Waals surface area contributed by atoms with Crippen LogP contribution in [0.5, 0.6) is 5.75 Å². The SMILES string of the molecule is O=C1CCC(c2nc(-c3ccc(OC(F)(F)F)cc3)no2)N1Cc1c(F)cccc1Cl. The molecule has 0 aliphatic carbocycles. The van der Waals surface area contributed by atoms with Crippen molar-refractivity contribution in [2.75, 3.05) is 0 Å². The van der Waals surface area contributed by atoms with Crippen molar-refractivity contribution < 1.29 is 31.6 Å². The predicted molar refractivity (Wildman–Crippen MR) is 100 cm³/mol. The quantitative estimate of drug-likeness (QED) is 0.489. The summed E-state index contributed by atoms with van der Waals surface area (Å²) >= 11 is 6.08. The minimum atomic E-state index is -4.79. The number of ether oxygens (including phenoxy) is 1. The lowest BCUT2D eigenvalue weighted by molar-refractivity contribution is -0.274. The molecule has 0 saturated carbocycles. The lowest BCUT2D eigenvalue weighted by Crippen LogP contribution is -2.28. The maximum Gasteiger partial charge on any atom is 0.573 e. The number of alkyl halides is 3. The van der Waals surface area contributed by atoms with Gasteiger partial charge in [0.2, 0.25) is 17.6 Å². The fourth-order valence-corrected chi connectivity index (χ4v) is 3.56. The third kappa shape index (κ3) is 4.63. The molecule has 1 amide bonds. The summed E-state index contributed by atoms with van der Waals surface area (Å²) in [6.45, 7) is -0.0593. The van der Waals surface area contributed by atoms with Crippen LogP contribution in [0.1, 0.15) is 30.3 Å². The summed E-state index contributed by atoms with van der Waals surface area (Å²) in [5.74, 6) is -0.842. The van der Waals surface area contributed by atoms with E-state index >= 15 is 0 Å². The molecular weight excluding hydrogens is 442 g/mol. The number of benzene rings is 2. The standard InChI is InChI=1S/C20H14ClF4N3O3/c21-14-2-1-3-15(22)13(14)10-28-16(8-9-17(28)29)19-26-18(27-31-19)11-4-6-12(7-5-11)30-20(23,24)25/h1-7,16H,8-10H2. The Hall–Kier alpha value is -3.14. The number of carbonyl (C=O) groups is 1. The van der Waals surface area contributed by atoms with E-state index in [1.807, 2.05) is 0 Å². The van der Waals surface area contributed by atoms with Gasteiger partial charge in [0.15, 0.2) is 0 Å². The van der Waals surface area contributed by atoms with Crippen LogP contribution in [0.15, 0.2) is 47.0 Å². The molecule has 1 saturated heterocycles. The number of carbonyl (C=O) groups excluding carboxylic acids is 1. The summed E-state index contributed by atoms with van der Waals surface area (Å²) in [6, 6.07) is 8.66. The Labute approximate surface area is 178 Å². The van der Waals surface area contributed by atoms with Crippen molar-refractivity contribution in [1.29, 1.82) is 0 Å². The smallest absolute Gasteiger partial charge is 0.406 e. The number of likely N-dealkylation sites (tertiary alicyclic amines) is 1. The molecule has 1 aliphatic heterocycles. The first-order valence-corrected chi connectivity index (χ1v) is 9.51. The topological polar surface area (TPSA) is 68.5 Å². The van der Waals surface area contributed by atoms with Crippen LogP contribution in [0.4, 0.5) is 17.6 Å². The van der Waals surface area contributed by atoms with E-state index in [9.17, 15) is 22.4 Å². The van der Waals surface area contributed by atoms with Gasteiger partial charge in [-0.2, -0.15) is 4.98 Å². The van der Waals surface area contributed by atoms with E-state index in [1.165, 1.54) is 35.2 Å². The maximum absolute atomic E-state index is 14.2. The third-order valence-electron chi connectivity index (χ3n) is 4.79. The Bertz CT molecular complexity index is 1080. The number of hydrogen-bond donors (Lipinski definition) is 0. The minimum Gasteiger partial charge on any atom is -0.406 e. The van der Waals surface area contributed by atoms with Gasteiger partial charge in [-0.1, -0.05) is 22.8 Å². The normalized spacial score (nSPS) is 16.7. The highest BCUT2D eigenvalue weighted by Crippen LogP contribution is 2.36. The minimum absolute atomic E-state index is 0.0593. The molecule has 1 unspecified atom stereocenters. The number of halogens is 5. The second-order valence-corrected chi connectivity index (χ2v) is 7.21. The summed E-state index contributed by atoms with van der Waals surface area (Å²) in [5, 5.41) is 4.05. The van der Waals surface area contributed by atoms with Gasteiger partial charge in [0, 0.05) is 22.6 Å². The molecule has 0 spiro atoms. The van der Waals surface area contributed by atoms with Crippen molar-refractivity contribution in [3.05, 3.63) is 64.8 Å². The zero-order chi connectivity index (χ0) is 22.2. The first-order chi connectivity index (χ1) is 14.7. The first-order valence-electron chi connectivity index (χ1n) is 9.13. The van der Waals surface area contributed by atoms with Crippen LogP contribution in [0, 0.1) is 5.82 Å². The Morgan fingerprint density at radius 2 is 1.94 bits per heavy atom. The number of amides is 1. The van der Waals surface area contributed by atoms with Crippen LogP contribution in [0.25, 0.3) is 11.4 Å². The molecule has 3 aromatic rings. The second-order valence-electron chi connectivity index (χ2n) is 6.80. The van der Waals surface area contributed by atoms with E-state index in [-0.39, 0.29) is 46.9 Å². The zero-order valence-corrected chi connectivity index (χ0v) is 16.5. The molecule has 1 aromatic heterocycles. The van der Waals surface area contributed by atoms with E-state index in [1.54, 1.807) is 0 Å². The summed E-state index contributed by atoms with van der Waals surface area (Å²) < 4.78 is 60.2. The van der Waals surface area contributed by atoms with Crippen molar-refractivity contribution in [2.45, 2.75) is 31.8 Å². The fraction of sp³-hybridized carbons (Fsp3) is 0.250. The van der Waals surface area contributed by atoms with E-state index < -0.39 is 18.2 Å². The van der Waals surface area contributed by atoms with Gasteiger partial charge < -0.3 is 14.2 Å². The first kappa shape index (κ1) is 21.1. The lowest BCUT2D eigenvalue weighted by Gasteiger charge is -2.22. The molecule has 0 bridgehead atoms. The summed E-state index contributed by atoms with van der Waals surface area (Å²) in [5.41, 5.74) is 0.585. The van der Waals surface area contributed by atoms with E-state index in [0.717, 1.165) is 12.1 Å². The lowest BCUT2D eigenvalue weighted by atomic mass is 10.1. The second kappa shape index (κ2) is 8.18.